The van der Waals surface area contributed by atoms with E-state index in [-0.39, 0.29) is 5.91 Å². The van der Waals surface area contributed by atoms with Gasteiger partial charge in [0.15, 0.2) is 0 Å². The molecule has 1 aliphatic heterocycles. The fraction of sp³-hybridized carbons (Fsp3) is 0.450. The lowest BCUT2D eigenvalue weighted by Gasteiger charge is -2.31. The zero-order valence-corrected chi connectivity index (χ0v) is 15.6. The monoisotopic (exact) mass is 360 g/mol. The molecule has 1 N–H and O–H groups in total. The zero-order valence-electron chi connectivity index (χ0n) is 14.8. The lowest BCUT2D eigenvalue weighted by atomic mass is 9.96. The average molecular weight is 361 g/mol. The highest BCUT2D eigenvalue weighted by Gasteiger charge is 2.21. The number of hydrogen-bond donors (Lipinski definition) is 1. The molecule has 1 amide bonds. The molecule has 0 radical (unpaired) electrons. The van der Waals surface area contributed by atoms with Crippen molar-refractivity contribution in [1.82, 2.24) is 10.2 Å². The predicted octanol–water partition coefficient (Wildman–Crippen LogP) is 4.19. The van der Waals surface area contributed by atoms with E-state index in [0.29, 0.717) is 23.0 Å². The van der Waals surface area contributed by atoms with Gasteiger partial charge in [-0.3, -0.25) is 9.69 Å². The Morgan fingerprint density at radius 2 is 2.00 bits per heavy atom. The number of rotatable bonds is 5. The van der Waals surface area contributed by atoms with E-state index < -0.39 is 0 Å². The standard InChI is InChI=1S/C20H25ClN2O2/c1-14-11-17(15(2)25-14)13-23-9-7-16(8-10-23)12-22-20(24)18-5-3-4-6-19(18)21/h3-6,11,16H,7-10,12-13H2,1-2H3,(H,22,24). The number of carbonyl (C=O) groups is 1. The molecule has 2 heterocycles. The van der Waals surface area contributed by atoms with Crippen molar-refractivity contribution in [2.45, 2.75) is 33.2 Å². The summed E-state index contributed by atoms with van der Waals surface area (Å²) in [6, 6.07) is 9.30. The van der Waals surface area contributed by atoms with Crippen molar-refractivity contribution in [3.63, 3.8) is 0 Å². The molecule has 0 atom stereocenters. The van der Waals surface area contributed by atoms with Gasteiger partial charge in [0.05, 0.1) is 10.6 Å². The number of likely N-dealkylation sites (tertiary alicyclic amines) is 1. The van der Waals surface area contributed by atoms with Crippen LogP contribution in [0.4, 0.5) is 0 Å². The van der Waals surface area contributed by atoms with Crippen LogP contribution >= 0.6 is 11.6 Å². The first-order valence-electron chi connectivity index (χ1n) is 8.84. The maximum Gasteiger partial charge on any atom is 0.252 e. The smallest absolute Gasteiger partial charge is 0.252 e. The molecule has 0 bridgehead atoms. The molecule has 1 aromatic carbocycles. The van der Waals surface area contributed by atoms with Crippen LogP contribution in [0.15, 0.2) is 34.7 Å². The molecule has 3 rings (SSSR count). The number of aryl methyl sites for hydroxylation is 2. The van der Waals surface area contributed by atoms with E-state index in [4.69, 9.17) is 16.0 Å². The molecule has 4 nitrogen and oxygen atoms in total. The summed E-state index contributed by atoms with van der Waals surface area (Å²) in [5.74, 6) is 2.43. The fourth-order valence-electron chi connectivity index (χ4n) is 3.41. The number of hydrogen-bond acceptors (Lipinski definition) is 3. The minimum absolute atomic E-state index is 0.0856. The molecule has 1 saturated heterocycles. The van der Waals surface area contributed by atoms with Crippen LogP contribution in [0.3, 0.4) is 0 Å². The van der Waals surface area contributed by atoms with Crippen molar-refractivity contribution < 1.29 is 9.21 Å². The van der Waals surface area contributed by atoms with Gasteiger partial charge in [-0.25, -0.2) is 0 Å². The number of nitrogens with one attached hydrogen (secondary N) is 1. The average Bonchev–Trinajstić information content (AvgIpc) is 2.91. The summed E-state index contributed by atoms with van der Waals surface area (Å²) in [6.45, 7) is 7.78. The van der Waals surface area contributed by atoms with Crippen molar-refractivity contribution >= 4 is 17.5 Å². The molecule has 0 aliphatic carbocycles. The third kappa shape index (κ3) is 4.65. The van der Waals surface area contributed by atoms with Crippen molar-refractivity contribution in [2.75, 3.05) is 19.6 Å². The van der Waals surface area contributed by atoms with Crippen LogP contribution in [0, 0.1) is 19.8 Å². The molecular weight excluding hydrogens is 336 g/mol. The number of amides is 1. The maximum atomic E-state index is 12.2. The normalized spacial score (nSPS) is 16.1. The highest BCUT2D eigenvalue weighted by Crippen LogP contribution is 2.22. The largest absolute Gasteiger partial charge is 0.466 e. The highest BCUT2D eigenvalue weighted by molar-refractivity contribution is 6.33. The Hall–Kier alpha value is -1.78. The highest BCUT2D eigenvalue weighted by atomic mass is 35.5. The molecule has 5 heteroatoms. The van der Waals surface area contributed by atoms with E-state index in [0.717, 1.165) is 44.0 Å². The molecule has 1 fully saturated rings. The molecular formula is C20H25ClN2O2. The molecule has 134 valence electrons. The van der Waals surface area contributed by atoms with Crippen LogP contribution in [0.5, 0.6) is 0 Å². The summed E-state index contributed by atoms with van der Waals surface area (Å²) in [6.07, 6.45) is 2.19. The van der Waals surface area contributed by atoms with Gasteiger partial charge in [-0.15, -0.1) is 0 Å². The van der Waals surface area contributed by atoms with E-state index in [1.54, 1.807) is 12.1 Å². The summed E-state index contributed by atoms with van der Waals surface area (Å²) in [5.41, 5.74) is 1.83. The maximum absolute atomic E-state index is 12.2. The van der Waals surface area contributed by atoms with Crippen LogP contribution < -0.4 is 5.32 Å². The van der Waals surface area contributed by atoms with Crippen molar-refractivity contribution in [3.8, 4) is 0 Å². The molecule has 0 unspecified atom stereocenters. The summed E-state index contributed by atoms with van der Waals surface area (Å²) in [5, 5.41) is 3.53. The molecule has 0 spiro atoms. The van der Waals surface area contributed by atoms with Gasteiger partial charge in [0, 0.05) is 18.7 Å². The Bertz CT molecular complexity index is 733. The first-order valence-corrected chi connectivity index (χ1v) is 9.21. The van der Waals surface area contributed by atoms with E-state index in [1.165, 1.54) is 5.56 Å². The van der Waals surface area contributed by atoms with Gasteiger partial charge < -0.3 is 9.73 Å². The van der Waals surface area contributed by atoms with Crippen LogP contribution in [-0.4, -0.2) is 30.4 Å². The predicted molar refractivity (Wildman–Crippen MR) is 100.0 cm³/mol. The second-order valence-corrected chi connectivity index (χ2v) is 7.26. The van der Waals surface area contributed by atoms with Crippen molar-refractivity contribution in [1.29, 1.82) is 0 Å². The lowest BCUT2D eigenvalue weighted by molar-refractivity contribution is 0.0935. The van der Waals surface area contributed by atoms with Crippen LogP contribution in [-0.2, 0) is 6.54 Å². The Labute approximate surface area is 154 Å². The number of carbonyl (C=O) groups excluding carboxylic acids is 1. The number of furan rings is 1. The third-order valence-corrected chi connectivity index (χ3v) is 5.24. The Morgan fingerprint density at radius 3 is 2.64 bits per heavy atom. The third-order valence-electron chi connectivity index (χ3n) is 4.91. The summed E-state index contributed by atoms with van der Waals surface area (Å²) in [4.78, 5) is 14.7. The molecule has 2 aromatic rings. The van der Waals surface area contributed by atoms with E-state index >= 15 is 0 Å². The Morgan fingerprint density at radius 1 is 1.28 bits per heavy atom. The zero-order chi connectivity index (χ0) is 17.8. The van der Waals surface area contributed by atoms with Crippen LogP contribution in [0.25, 0.3) is 0 Å². The lowest BCUT2D eigenvalue weighted by Crippen LogP contribution is -2.38. The van der Waals surface area contributed by atoms with E-state index in [9.17, 15) is 4.79 Å². The van der Waals surface area contributed by atoms with Gasteiger partial charge in [0.25, 0.3) is 5.91 Å². The van der Waals surface area contributed by atoms with Gasteiger partial charge in [-0.2, -0.15) is 0 Å². The number of benzene rings is 1. The quantitative estimate of drug-likeness (QED) is 0.869. The van der Waals surface area contributed by atoms with Gasteiger partial charge in [0.1, 0.15) is 11.5 Å². The second kappa shape index (κ2) is 8.07. The van der Waals surface area contributed by atoms with E-state index in [1.807, 2.05) is 26.0 Å². The van der Waals surface area contributed by atoms with Crippen LogP contribution in [0.2, 0.25) is 5.02 Å². The molecule has 1 aliphatic rings. The van der Waals surface area contributed by atoms with E-state index in [2.05, 4.69) is 16.3 Å². The van der Waals surface area contributed by atoms with Crippen molar-refractivity contribution in [3.05, 3.63) is 58.0 Å². The minimum atomic E-state index is -0.0856. The SMILES string of the molecule is Cc1cc(CN2CCC(CNC(=O)c3ccccc3Cl)CC2)c(C)o1. The van der Waals surface area contributed by atoms with Crippen molar-refractivity contribution in [2.24, 2.45) is 5.92 Å². The number of piperidine rings is 1. The topological polar surface area (TPSA) is 45.5 Å². The molecule has 1 aromatic heterocycles. The Kier molecular flexibility index (Phi) is 5.82. The summed E-state index contributed by atoms with van der Waals surface area (Å²) < 4.78 is 5.61. The van der Waals surface area contributed by atoms with Gasteiger partial charge >= 0.3 is 0 Å². The number of nitrogens with zero attached hydrogens (tertiary/aromatic N) is 1. The minimum Gasteiger partial charge on any atom is -0.466 e. The van der Waals surface area contributed by atoms with Gasteiger partial charge in [-0.1, -0.05) is 23.7 Å². The Balaban J connectivity index is 1.44. The fourth-order valence-corrected chi connectivity index (χ4v) is 3.63. The summed E-state index contributed by atoms with van der Waals surface area (Å²) >= 11 is 6.08. The summed E-state index contributed by atoms with van der Waals surface area (Å²) in [7, 11) is 0. The first-order chi connectivity index (χ1) is 12.0. The van der Waals surface area contributed by atoms with Crippen LogP contribution in [0.1, 0.15) is 40.3 Å². The van der Waals surface area contributed by atoms with Gasteiger partial charge in [-0.05, 0) is 63.9 Å². The number of halogens is 1. The molecule has 25 heavy (non-hydrogen) atoms. The first kappa shape index (κ1) is 18.0. The molecule has 0 saturated carbocycles. The van der Waals surface area contributed by atoms with Gasteiger partial charge in [0.2, 0.25) is 0 Å². The second-order valence-electron chi connectivity index (χ2n) is 6.85.